The van der Waals surface area contributed by atoms with Gasteiger partial charge in [-0.05, 0) is 31.9 Å². The number of likely N-dealkylation sites (tertiary alicyclic amines) is 1. The molecule has 0 aliphatic carbocycles. The van der Waals surface area contributed by atoms with Crippen LogP contribution in [0.15, 0.2) is 18.2 Å². The van der Waals surface area contributed by atoms with Crippen LogP contribution < -0.4 is 0 Å². The van der Waals surface area contributed by atoms with Crippen LogP contribution in [0, 0.1) is 6.92 Å². The van der Waals surface area contributed by atoms with Crippen molar-refractivity contribution in [2.45, 2.75) is 19.8 Å². The molecule has 1 aromatic carbocycles. The Hall–Kier alpha value is -2.04. The molecule has 108 valence electrons. The summed E-state index contributed by atoms with van der Waals surface area (Å²) in [7, 11) is 1.61. The van der Waals surface area contributed by atoms with Crippen LogP contribution in [0.2, 0.25) is 0 Å². The van der Waals surface area contributed by atoms with E-state index in [1.165, 1.54) is 4.90 Å². The van der Waals surface area contributed by atoms with E-state index in [4.69, 9.17) is 0 Å². The Morgan fingerprint density at radius 3 is 2.60 bits per heavy atom. The molecular weight excluding hydrogens is 256 g/mol. The quantitative estimate of drug-likeness (QED) is 0.907. The number of nitrogens with zero attached hydrogens (tertiary/aromatic N) is 2. The molecule has 0 unspecified atom stereocenters. The summed E-state index contributed by atoms with van der Waals surface area (Å²) in [6.45, 7) is 3.34. The van der Waals surface area contributed by atoms with Crippen LogP contribution in [0.5, 0.6) is 5.75 Å². The van der Waals surface area contributed by atoms with Crippen molar-refractivity contribution >= 4 is 11.8 Å². The minimum Gasteiger partial charge on any atom is -0.508 e. The molecule has 0 atom stereocenters. The summed E-state index contributed by atoms with van der Waals surface area (Å²) in [4.78, 5) is 27.5. The highest BCUT2D eigenvalue weighted by Gasteiger charge is 2.22. The van der Waals surface area contributed by atoms with Gasteiger partial charge >= 0.3 is 0 Å². The highest BCUT2D eigenvalue weighted by Crippen LogP contribution is 2.20. The molecule has 1 saturated heterocycles. The number of carbonyl (C=O) groups is 2. The Balaban J connectivity index is 2.04. The van der Waals surface area contributed by atoms with E-state index in [1.54, 1.807) is 37.1 Å². The minimum atomic E-state index is -0.244. The monoisotopic (exact) mass is 276 g/mol. The van der Waals surface area contributed by atoms with E-state index in [0.29, 0.717) is 11.1 Å². The fourth-order valence-corrected chi connectivity index (χ4v) is 2.40. The Kier molecular flexibility index (Phi) is 4.27. The largest absolute Gasteiger partial charge is 0.508 e. The van der Waals surface area contributed by atoms with Crippen molar-refractivity contribution in [1.29, 1.82) is 0 Å². The zero-order valence-electron chi connectivity index (χ0n) is 11.9. The molecule has 2 rings (SSSR count). The Labute approximate surface area is 118 Å². The molecule has 0 spiro atoms. The molecular formula is C15H20N2O3. The third kappa shape index (κ3) is 2.92. The van der Waals surface area contributed by atoms with Crippen molar-refractivity contribution in [3.8, 4) is 5.75 Å². The lowest BCUT2D eigenvalue weighted by Gasteiger charge is -2.22. The molecule has 20 heavy (non-hydrogen) atoms. The van der Waals surface area contributed by atoms with Gasteiger partial charge < -0.3 is 14.9 Å². The number of phenols is 1. The van der Waals surface area contributed by atoms with Gasteiger partial charge in [-0.15, -0.1) is 0 Å². The van der Waals surface area contributed by atoms with Gasteiger partial charge in [0.25, 0.3) is 5.91 Å². The van der Waals surface area contributed by atoms with E-state index in [1.807, 2.05) is 0 Å². The SMILES string of the molecule is Cc1c(O)cccc1C(=O)N(C)CC(=O)N1CCCC1. The molecule has 1 heterocycles. The van der Waals surface area contributed by atoms with Gasteiger partial charge in [-0.2, -0.15) is 0 Å². The number of hydrogen-bond acceptors (Lipinski definition) is 3. The lowest BCUT2D eigenvalue weighted by Crippen LogP contribution is -2.40. The maximum atomic E-state index is 12.3. The first-order chi connectivity index (χ1) is 9.50. The average molecular weight is 276 g/mol. The zero-order chi connectivity index (χ0) is 14.7. The second-order valence-electron chi connectivity index (χ2n) is 5.20. The first-order valence-corrected chi connectivity index (χ1v) is 6.82. The van der Waals surface area contributed by atoms with Gasteiger partial charge in [-0.1, -0.05) is 6.07 Å². The van der Waals surface area contributed by atoms with E-state index in [-0.39, 0.29) is 24.1 Å². The van der Waals surface area contributed by atoms with E-state index in [9.17, 15) is 14.7 Å². The summed E-state index contributed by atoms with van der Waals surface area (Å²) in [5, 5.41) is 9.64. The number of amides is 2. The highest BCUT2D eigenvalue weighted by molar-refractivity contribution is 5.98. The van der Waals surface area contributed by atoms with Crippen LogP contribution in [-0.4, -0.2) is 53.4 Å². The van der Waals surface area contributed by atoms with Gasteiger partial charge in [0.1, 0.15) is 5.75 Å². The van der Waals surface area contributed by atoms with Crippen molar-refractivity contribution in [3.63, 3.8) is 0 Å². The Morgan fingerprint density at radius 1 is 1.30 bits per heavy atom. The predicted molar refractivity (Wildman–Crippen MR) is 75.6 cm³/mol. The summed E-state index contributed by atoms with van der Waals surface area (Å²) in [5.74, 6) is -0.169. The van der Waals surface area contributed by atoms with Crippen molar-refractivity contribution in [2.24, 2.45) is 0 Å². The van der Waals surface area contributed by atoms with Crippen LogP contribution in [0.25, 0.3) is 0 Å². The van der Waals surface area contributed by atoms with Gasteiger partial charge in [-0.25, -0.2) is 0 Å². The number of carbonyl (C=O) groups excluding carboxylic acids is 2. The molecule has 1 fully saturated rings. The third-order valence-electron chi connectivity index (χ3n) is 3.71. The lowest BCUT2D eigenvalue weighted by atomic mass is 10.1. The molecule has 0 aromatic heterocycles. The topological polar surface area (TPSA) is 60.9 Å². The standard InChI is InChI=1S/C15H20N2O3/c1-11-12(6-5-7-13(11)18)15(20)16(2)10-14(19)17-8-3-4-9-17/h5-7,18H,3-4,8-10H2,1-2H3. The molecule has 5 heteroatoms. The molecule has 1 N–H and O–H groups in total. The van der Waals surface area contributed by atoms with Gasteiger partial charge in [-0.3, -0.25) is 9.59 Å². The van der Waals surface area contributed by atoms with Crippen molar-refractivity contribution in [1.82, 2.24) is 9.80 Å². The number of aromatic hydroxyl groups is 1. The van der Waals surface area contributed by atoms with Gasteiger partial charge in [0, 0.05) is 31.3 Å². The fraction of sp³-hybridized carbons (Fsp3) is 0.467. The van der Waals surface area contributed by atoms with Crippen LogP contribution in [0.4, 0.5) is 0 Å². The summed E-state index contributed by atoms with van der Waals surface area (Å²) in [5.41, 5.74) is 0.972. The number of phenolic OH excluding ortho intramolecular Hbond substituents is 1. The smallest absolute Gasteiger partial charge is 0.254 e. The van der Waals surface area contributed by atoms with Gasteiger partial charge in [0.2, 0.25) is 5.91 Å². The minimum absolute atomic E-state index is 0.0174. The second-order valence-corrected chi connectivity index (χ2v) is 5.20. The van der Waals surface area contributed by atoms with Crippen LogP contribution in [-0.2, 0) is 4.79 Å². The normalized spacial score (nSPS) is 14.4. The molecule has 0 bridgehead atoms. The number of hydrogen-bond donors (Lipinski definition) is 1. The van der Waals surface area contributed by atoms with Crippen LogP contribution >= 0.6 is 0 Å². The molecule has 1 aromatic rings. The summed E-state index contributed by atoms with van der Waals surface area (Å²) >= 11 is 0. The third-order valence-corrected chi connectivity index (χ3v) is 3.71. The highest BCUT2D eigenvalue weighted by atomic mass is 16.3. The average Bonchev–Trinajstić information content (AvgIpc) is 2.95. The zero-order valence-corrected chi connectivity index (χ0v) is 11.9. The van der Waals surface area contributed by atoms with Crippen molar-refractivity contribution in [3.05, 3.63) is 29.3 Å². The first-order valence-electron chi connectivity index (χ1n) is 6.82. The summed E-state index contributed by atoms with van der Waals surface area (Å²) < 4.78 is 0. The number of benzene rings is 1. The molecule has 1 aliphatic rings. The van der Waals surface area contributed by atoms with E-state index < -0.39 is 0 Å². The van der Waals surface area contributed by atoms with E-state index >= 15 is 0 Å². The summed E-state index contributed by atoms with van der Waals surface area (Å²) in [6, 6.07) is 4.83. The van der Waals surface area contributed by atoms with E-state index in [0.717, 1.165) is 25.9 Å². The Morgan fingerprint density at radius 2 is 1.95 bits per heavy atom. The second kappa shape index (κ2) is 5.94. The van der Waals surface area contributed by atoms with E-state index in [2.05, 4.69) is 0 Å². The molecule has 1 aliphatic heterocycles. The van der Waals surface area contributed by atoms with Crippen LogP contribution in [0.1, 0.15) is 28.8 Å². The molecule has 0 saturated carbocycles. The lowest BCUT2D eigenvalue weighted by molar-refractivity contribution is -0.130. The maximum absolute atomic E-state index is 12.3. The Bertz CT molecular complexity index is 522. The van der Waals surface area contributed by atoms with Gasteiger partial charge in [0.15, 0.2) is 0 Å². The number of rotatable bonds is 3. The van der Waals surface area contributed by atoms with Crippen LogP contribution in [0.3, 0.4) is 0 Å². The first kappa shape index (κ1) is 14.4. The molecule has 0 radical (unpaired) electrons. The predicted octanol–water partition coefficient (Wildman–Crippen LogP) is 1.40. The van der Waals surface area contributed by atoms with Gasteiger partial charge in [0.05, 0.1) is 6.54 Å². The molecule has 2 amide bonds. The summed E-state index contributed by atoms with van der Waals surface area (Å²) in [6.07, 6.45) is 2.07. The van der Waals surface area contributed by atoms with Crippen molar-refractivity contribution in [2.75, 3.05) is 26.7 Å². The maximum Gasteiger partial charge on any atom is 0.254 e. The van der Waals surface area contributed by atoms with Crippen molar-refractivity contribution < 1.29 is 14.7 Å². The molecule has 5 nitrogen and oxygen atoms in total. The number of likely N-dealkylation sites (N-methyl/N-ethyl adjacent to an activating group) is 1. The fourth-order valence-electron chi connectivity index (χ4n) is 2.40.